The molecule has 19 heavy (non-hydrogen) atoms. The van der Waals surface area contributed by atoms with Crippen LogP contribution in [0.3, 0.4) is 0 Å². The summed E-state index contributed by atoms with van der Waals surface area (Å²) < 4.78 is 27.9. The van der Waals surface area contributed by atoms with E-state index in [2.05, 4.69) is 9.82 Å². The summed E-state index contributed by atoms with van der Waals surface area (Å²) in [5.41, 5.74) is 6.45. The van der Waals surface area contributed by atoms with Crippen molar-refractivity contribution in [1.82, 2.24) is 9.78 Å². The molecule has 0 saturated heterocycles. The number of rotatable bonds is 3. The van der Waals surface area contributed by atoms with Crippen LogP contribution in [0.15, 0.2) is 29.3 Å². The molecule has 0 spiro atoms. The number of hydrogen-bond donors (Lipinski definition) is 3. The lowest BCUT2D eigenvalue weighted by Gasteiger charge is -2.08. The van der Waals surface area contributed by atoms with Gasteiger partial charge in [0.2, 0.25) is 0 Å². The summed E-state index contributed by atoms with van der Waals surface area (Å²) in [6, 6.07) is 4.50. The number of aromatic nitrogens is 2. The highest BCUT2D eigenvalue weighted by atomic mass is 32.2. The van der Waals surface area contributed by atoms with Crippen molar-refractivity contribution in [3.63, 3.8) is 0 Å². The van der Waals surface area contributed by atoms with E-state index in [0.717, 1.165) is 0 Å². The van der Waals surface area contributed by atoms with Gasteiger partial charge in [0.1, 0.15) is 10.6 Å². The number of nitrogens with two attached hydrogens (primary N) is 1. The Morgan fingerprint density at radius 1 is 1.42 bits per heavy atom. The molecule has 1 aromatic heterocycles. The summed E-state index contributed by atoms with van der Waals surface area (Å²) in [5.74, 6) is -0.0642. The minimum Gasteiger partial charge on any atom is -0.508 e. The number of aryl methyl sites for hydroxylation is 2. The molecular formula is C11H14N4O3S. The summed E-state index contributed by atoms with van der Waals surface area (Å²) in [5, 5.41) is 13.3. The van der Waals surface area contributed by atoms with Gasteiger partial charge in [-0.3, -0.25) is 9.40 Å². The number of aromatic hydroxyl groups is 1. The van der Waals surface area contributed by atoms with E-state index in [1.807, 2.05) is 0 Å². The van der Waals surface area contributed by atoms with Crippen LogP contribution in [0.4, 0.5) is 11.5 Å². The zero-order valence-corrected chi connectivity index (χ0v) is 11.3. The van der Waals surface area contributed by atoms with Crippen molar-refractivity contribution in [3.05, 3.63) is 30.0 Å². The number of nitrogens with one attached hydrogen (secondary N) is 1. The Kier molecular flexibility index (Phi) is 3.11. The van der Waals surface area contributed by atoms with Crippen molar-refractivity contribution in [2.45, 2.75) is 11.8 Å². The van der Waals surface area contributed by atoms with E-state index in [1.54, 1.807) is 26.1 Å². The van der Waals surface area contributed by atoms with Gasteiger partial charge in [0.15, 0.2) is 5.82 Å². The molecule has 0 aliphatic heterocycles. The summed E-state index contributed by atoms with van der Waals surface area (Å²) in [4.78, 5) is -0.102. The third-order valence-electron chi connectivity index (χ3n) is 2.57. The Bertz CT molecular complexity index is 722. The van der Waals surface area contributed by atoms with Gasteiger partial charge in [-0.1, -0.05) is 6.07 Å². The Hall–Kier alpha value is -2.22. The van der Waals surface area contributed by atoms with Crippen LogP contribution < -0.4 is 10.5 Å². The molecule has 0 aliphatic carbocycles. The maximum Gasteiger partial charge on any atom is 0.267 e. The number of sulfonamides is 1. The van der Waals surface area contributed by atoms with Gasteiger partial charge in [0, 0.05) is 19.3 Å². The Morgan fingerprint density at radius 2 is 2.11 bits per heavy atom. The molecule has 0 fully saturated rings. The highest BCUT2D eigenvalue weighted by molar-refractivity contribution is 7.92. The molecule has 102 valence electrons. The molecule has 4 N–H and O–H groups in total. The van der Waals surface area contributed by atoms with Crippen LogP contribution >= 0.6 is 0 Å². The van der Waals surface area contributed by atoms with E-state index in [4.69, 9.17) is 5.73 Å². The van der Waals surface area contributed by atoms with Crippen LogP contribution in [0.2, 0.25) is 0 Å². The van der Waals surface area contributed by atoms with E-state index < -0.39 is 10.0 Å². The lowest BCUT2D eigenvalue weighted by Crippen LogP contribution is -2.13. The highest BCUT2D eigenvalue weighted by Gasteiger charge is 2.20. The maximum atomic E-state index is 12.1. The molecule has 0 amide bonds. The maximum absolute atomic E-state index is 12.1. The smallest absolute Gasteiger partial charge is 0.267 e. The molecule has 2 aromatic rings. The predicted molar refractivity (Wildman–Crippen MR) is 71.3 cm³/mol. The van der Waals surface area contributed by atoms with Gasteiger partial charge in [-0.05, 0) is 18.6 Å². The first-order chi connectivity index (χ1) is 8.79. The average Bonchev–Trinajstić information content (AvgIpc) is 2.63. The van der Waals surface area contributed by atoms with E-state index in [9.17, 15) is 13.5 Å². The van der Waals surface area contributed by atoms with Crippen molar-refractivity contribution in [2.24, 2.45) is 7.05 Å². The standard InChI is InChI=1S/C11H14N4O3S/c1-7-3-4-8(5-9(7)16)14-19(17,18)10-6-15(2)13-11(10)12/h3-6,14,16H,1-2H3,(H2,12,13). The zero-order valence-electron chi connectivity index (χ0n) is 10.5. The fraction of sp³-hybridized carbons (Fsp3) is 0.182. The minimum atomic E-state index is -3.82. The number of phenolic OH excluding ortho intramolecular Hbond substituents is 1. The van der Waals surface area contributed by atoms with Gasteiger partial charge >= 0.3 is 0 Å². The molecular weight excluding hydrogens is 268 g/mol. The molecule has 7 nitrogen and oxygen atoms in total. The van der Waals surface area contributed by atoms with E-state index in [-0.39, 0.29) is 22.2 Å². The Morgan fingerprint density at radius 3 is 2.63 bits per heavy atom. The van der Waals surface area contributed by atoms with Gasteiger partial charge in [0.05, 0.1) is 5.69 Å². The lowest BCUT2D eigenvalue weighted by atomic mass is 10.2. The van der Waals surface area contributed by atoms with E-state index in [1.165, 1.54) is 16.9 Å². The molecule has 0 saturated carbocycles. The summed E-state index contributed by atoms with van der Waals surface area (Å²) in [6.07, 6.45) is 1.31. The van der Waals surface area contributed by atoms with Crippen molar-refractivity contribution >= 4 is 21.5 Å². The average molecular weight is 282 g/mol. The van der Waals surface area contributed by atoms with Gasteiger partial charge in [0.25, 0.3) is 10.0 Å². The van der Waals surface area contributed by atoms with E-state index >= 15 is 0 Å². The Balaban J connectivity index is 2.36. The molecule has 1 heterocycles. The second-order valence-electron chi connectivity index (χ2n) is 4.16. The highest BCUT2D eigenvalue weighted by Crippen LogP contribution is 2.24. The minimum absolute atomic E-state index is 0.0133. The molecule has 0 bridgehead atoms. The molecule has 0 atom stereocenters. The predicted octanol–water partition coefficient (Wildman–Crippen LogP) is 0.817. The molecule has 1 aromatic carbocycles. The van der Waals surface area contributed by atoms with Crippen LogP contribution in [0, 0.1) is 6.92 Å². The fourth-order valence-electron chi connectivity index (χ4n) is 1.57. The van der Waals surface area contributed by atoms with Crippen molar-refractivity contribution in [3.8, 4) is 5.75 Å². The molecule has 2 rings (SSSR count). The zero-order chi connectivity index (χ0) is 14.2. The number of hydrogen-bond acceptors (Lipinski definition) is 5. The molecule has 0 aliphatic rings. The topological polar surface area (TPSA) is 110 Å². The van der Waals surface area contributed by atoms with Gasteiger partial charge in [-0.15, -0.1) is 0 Å². The second-order valence-corrected chi connectivity index (χ2v) is 5.81. The van der Waals surface area contributed by atoms with Crippen LogP contribution in [0.5, 0.6) is 5.75 Å². The summed E-state index contributed by atoms with van der Waals surface area (Å²) >= 11 is 0. The first-order valence-corrected chi connectivity index (χ1v) is 6.89. The summed E-state index contributed by atoms with van der Waals surface area (Å²) in [6.45, 7) is 1.71. The third kappa shape index (κ3) is 2.63. The number of phenols is 1. The third-order valence-corrected chi connectivity index (χ3v) is 3.97. The first-order valence-electron chi connectivity index (χ1n) is 5.41. The van der Waals surface area contributed by atoms with Crippen LogP contribution in [0.25, 0.3) is 0 Å². The SMILES string of the molecule is Cc1ccc(NS(=O)(=O)c2cn(C)nc2N)cc1O. The van der Waals surface area contributed by atoms with E-state index in [0.29, 0.717) is 5.56 Å². The molecule has 8 heteroatoms. The normalized spacial score (nSPS) is 11.5. The van der Waals surface area contributed by atoms with Gasteiger partial charge in [-0.2, -0.15) is 5.10 Å². The monoisotopic (exact) mass is 282 g/mol. The quantitative estimate of drug-likeness (QED) is 0.772. The lowest BCUT2D eigenvalue weighted by molar-refractivity contribution is 0.471. The largest absolute Gasteiger partial charge is 0.508 e. The summed E-state index contributed by atoms with van der Waals surface area (Å²) in [7, 11) is -2.25. The Labute approximate surface area is 110 Å². The second kappa shape index (κ2) is 4.47. The number of nitrogens with zero attached hydrogens (tertiary/aromatic N) is 2. The number of benzene rings is 1. The molecule has 0 unspecified atom stereocenters. The van der Waals surface area contributed by atoms with Gasteiger partial charge in [-0.25, -0.2) is 8.42 Å². The van der Waals surface area contributed by atoms with Crippen molar-refractivity contribution < 1.29 is 13.5 Å². The van der Waals surface area contributed by atoms with Gasteiger partial charge < -0.3 is 10.8 Å². The van der Waals surface area contributed by atoms with Crippen molar-refractivity contribution in [1.29, 1.82) is 0 Å². The molecule has 0 radical (unpaired) electrons. The van der Waals surface area contributed by atoms with Crippen LogP contribution in [0.1, 0.15) is 5.56 Å². The van der Waals surface area contributed by atoms with Crippen LogP contribution in [-0.4, -0.2) is 23.3 Å². The van der Waals surface area contributed by atoms with Crippen LogP contribution in [-0.2, 0) is 17.1 Å². The fourth-order valence-corrected chi connectivity index (χ4v) is 2.73. The van der Waals surface area contributed by atoms with Crippen molar-refractivity contribution in [2.75, 3.05) is 10.5 Å². The number of anilines is 2. The number of nitrogen functional groups attached to an aromatic ring is 1. The first kappa shape index (κ1) is 13.2.